The summed E-state index contributed by atoms with van der Waals surface area (Å²) in [6, 6.07) is 0.640. The summed E-state index contributed by atoms with van der Waals surface area (Å²) in [5, 5.41) is 7.31. The van der Waals surface area contributed by atoms with Gasteiger partial charge in [-0.1, -0.05) is 33.1 Å². The first kappa shape index (κ1) is 15.4. The molecule has 2 heterocycles. The third kappa shape index (κ3) is 3.17. The van der Waals surface area contributed by atoms with Gasteiger partial charge in [0.25, 0.3) is 0 Å². The normalized spacial score (nSPS) is 27.3. The van der Waals surface area contributed by atoms with Crippen molar-refractivity contribution in [2.24, 2.45) is 5.92 Å². The molecule has 118 valence electrons. The summed E-state index contributed by atoms with van der Waals surface area (Å²) in [6.45, 7) is 10.2. The number of piperazine rings is 1. The van der Waals surface area contributed by atoms with E-state index in [0.717, 1.165) is 12.5 Å². The van der Waals surface area contributed by atoms with Crippen LogP contribution < -0.4 is 5.32 Å². The van der Waals surface area contributed by atoms with E-state index in [2.05, 4.69) is 36.4 Å². The first-order valence-electron chi connectivity index (χ1n) is 8.52. The van der Waals surface area contributed by atoms with Crippen LogP contribution in [0, 0.1) is 12.8 Å². The van der Waals surface area contributed by atoms with Gasteiger partial charge in [-0.15, -0.1) is 11.3 Å². The predicted octanol–water partition coefficient (Wildman–Crippen LogP) is 3.58. The predicted molar refractivity (Wildman–Crippen MR) is 89.7 cm³/mol. The SMILES string of the molecule is CCC(C)C1CN(Cc2csc(C)n2)C2(CCCC2)CN1. The number of hydrogen-bond acceptors (Lipinski definition) is 4. The molecule has 1 N–H and O–H groups in total. The Morgan fingerprint density at radius 1 is 1.48 bits per heavy atom. The van der Waals surface area contributed by atoms with Gasteiger partial charge >= 0.3 is 0 Å². The minimum Gasteiger partial charge on any atom is -0.311 e. The smallest absolute Gasteiger partial charge is 0.0897 e. The van der Waals surface area contributed by atoms with Crippen LogP contribution in [0.3, 0.4) is 0 Å². The van der Waals surface area contributed by atoms with Gasteiger partial charge in [0.15, 0.2) is 0 Å². The summed E-state index contributed by atoms with van der Waals surface area (Å²) < 4.78 is 0. The van der Waals surface area contributed by atoms with Gasteiger partial charge in [0.05, 0.1) is 10.7 Å². The van der Waals surface area contributed by atoms with E-state index in [1.54, 1.807) is 11.3 Å². The second-order valence-electron chi connectivity index (χ2n) is 7.04. The molecule has 3 nitrogen and oxygen atoms in total. The standard InChI is InChI=1S/C17H29N3S/c1-4-13(2)16-10-20(9-15-11-21-14(3)19-15)17(12-18-16)7-5-6-8-17/h11,13,16,18H,4-10,12H2,1-3H3. The summed E-state index contributed by atoms with van der Waals surface area (Å²) in [7, 11) is 0. The van der Waals surface area contributed by atoms with Crippen molar-refractivity contribution in [2.75, 3.05) is 13.1 Å². The molecule has 2 atom stereocenters. The third-order valence-electron chi connectivity index (χ3n) is 5.67. The Labute approximate surface area is 133 Å². The lowest BCUT2D eigenvalue weighted by Crippen LogP contribution is -2.64. The lowest BCUT2D eigenvalue weighted by molar-refractivity contribution is 0.0230. The fourth-order valence-corrected chi connectivity index (χ4v) is 4.63. The molecule has 1 aliphatic carbocycles. The van der Waals surface area contributed by atoms with Gasteiger partial charge in [-0.2, -0.15) is 0 Å². The molecule has 4 heteroatoms. The van der Waals surface area contributed by atoms with Crippen LogP contribution in [-0.4, -0.2) is 34.6 Å². The molecule has 0 bridgehead atoms. The molecule has 2 aliphatic rings. The summed E-state index contributed by atoms with van der Waals surface area (Å²) in [5.41, 5.74) is 1.68. The topological polar surface area (TPSA) is 28.2 Å². The summed E-state index contributed by atoms with van der Waals surface area (Å²) in [5.74, 6) is 0.753. The van der Waals surface area contributed by atoms with Gasteiger partial charge in [0.1, 0.15) is 0 Å². The van der Waals surface area contributed by atoms with E-state index in [-0.39, 0.29) is 0 Å². The molecule has 1 aromatic heterocycles. The molecule has 1 saturated heterocycles. The highest BCUT2D eigenvalue weighted by molar-refractivity contribution is 7.09. The summed E-state index contributed by atoms with van der Waals surface area (Å²) in [6.07, 6.45) is 6.76. The van der Waals surface area contributed by atoms with Gasteiger partial charge in [0.2, 0.25) is 0 Å². The van der Waals surface area contributed by atoms with Crippen LogP contribution in [0.5, 0.6) is 0 Å². The van der Waals surface area contributed by atoms with Crippen molar-refractivity contribution in [2.45, 2.75) is 71.0 Å². The zero-order chi connectivity index (χ0) is 14.9. The Kier molecular flexibility index (Phi) is 4.67. The van der Waals surface area contributed by atoms with E-state index in [9.17, 15) is 0 Å². The number of rotatable bonds is 4. The molecular weight excluding hydrogens is 278 g/mol. The van der Waals surface area contributed by atoms with Gasteiger partial charge in [-0.25, -0.2) is 4.98 Å². The van der Waals surface area contributed by atoms with Gasteiger partial charge < -0.3 is 5.32 Å². The van der Waals surface area contributed by atoms with Crippen LogP contribution in [0.2, 0.25) is 0 Å². The molecule has 1 aliphatic heterocycles. The number of hydrogen-bond donors (Lipinski definition) is 1. The number of nitrogens with one attached hydrogen (secondary N) is 1. The van der Waals surface area contributed by atoms with Crippen LogP contribution in [0.4, 0.5) is 0 Å². The molecule has 2 unspecified atom stereocenters. The molecule has 0 radical (unpaired) electrons. The van der Waals surface area contributed by atoms with Crippen LogP contribution in [0.15, 0.2) is 5.38 Å². The molecule has 0 aromatic carbocycles. The Hall–Kier alpha value is -0.450. The monoisotopic (exact) mass is 307 g/mol. The Balaban J connectivity index is 1.76. The quantitative estimate of drug-likeness (QED) is 0.921. The summed E-state index contributed by atoms with van der Waals surface area (Å²) in [4.78, 5) is 7.47. The van der Waals surface area contributed by atoms with Crippen LogP contribution in [0.1, 0.15) is 56.7 Å². The van der Waals surface area contributed by atoms with Crippen molar-refractivity contribution in [3.63, 3.8) is 0 Å². The second-order valence-corrected chi connectivity index (χ2v) is 8.10. The molecule has 1 saturated carbocycles. The molecule has 1 aromatic rings. The van der Waals surface area contributed by atoms with E-state index < -0.39 is 0 Å². The van der Waals surface area contributed by atoms with Gasteiger partial charge in [0, 0.05) is 36.6 Å². The van der Waals surface area contributed by atoms with E-state index in [1.165, 1.54) is 55.9 Å². The van der Waals surface area contributed by atoms with Gasteiger partial charge in [-0.3, -0.25) is 4.90 Å². The van der Waals surface area contributed by atoms with E-state index in [1.807, 2.05) is 0 Å². The lowest BCUT2D eigenvalue weighted by atomic mass is 9.87. The van der Waals surface area contributed by atoms with E-state index in [0.29, 0.717) is 11.6 Å². The fourth-order valence-electron chi connectivity index (χ4n) is 4.03. The lowest BCUT2D eigenvalue weighted by Gasteiger charge is -2.49. The highest BCUT2D eigenvalue weighted by atomic mass is 32.1. The van der Waals surface area contributed by atoms with Crippen LogP contribution >= 0.6 is 11.3 Å². The highest BCUT2D eigenvalue weighted by Gasteiger charge is 2.44. The van der Waals surface area contributed by atoms with Crippen molar-refractivity contribution in [1.29, 1.82) is 0 Å². The van der Waals surface area contributed by atoms with Crippen molar-refractivity contribution in [1.82, 2.24) is 15.2 Å². The number of thiazole rings is 1. The van der Waals surface area contributed by atoms with Crippen molar-refractivity contribution >= 4 is 11.3 Å². The van der Waals surface area contributed by atoms with Crippen molar-refractivity contribution in [3.8, 4) is 0 Å². The first-order valence-corrected chi connectivity index (χ1v) is 9.40. The maximum Gasteiger partial charge on any atom is 0.0897 e. The molecule has 2 fully saturated rings. The molecule has 21 heavy (non-hydrogen) atoms. The second kappa shape index (κ2) is 6.35. The van der Waals surface area contributed by atoms with Gasteiger partial charge in [-0.05, 0) is 25.7 Å². The van der Waals surface area contributed by atoms with Crippen LogP contribution in [-0.2, 0) is 6.54 Å². The van der Waals surface area contributed by atoms with E-state index in [4.69, 9.17) is 4.98 Å². The minimum atomic E-state index is 0.404. The fraction of sp³-hybridized carbons (Fsp3) is 0.824. The first-order chi connectivity index (χ1) is 10.1. The minimum absolute atomic E-state index is 0.404. The van der Waals surface area contributed by atoms with Crippen molar-refractivity contribution < 1.29 is 0 Å². The number of nitrogens with zero attached hydrogens (tertiary/aromatic N) is 2. The maximum absolute atomic E-state index is 4.71. The van der Waals surface area contributed by atoms with Crippen molar-refractivity contribution in [3.05, 3.63) is 16.1 Å². The third-order valence-corrected chi connectivity index (χ3v) is 6.49. The Bertz CT molecular complexity index is 464. The van der Waals surface area contributed by atoms with Crippen LogP contribution in [0.25, 0.3) is 0 Å². The summed E-state index contributed by atoms with van der Waals surface area (Å²) >= 11 is 1.78. The average Bonchev–Trinajstić information content (AvgIpc) is 3.11. The Morgan fingerprint density at radius 2 is 2.24 bits per heavy atom. The molecule has 1 spiro atoms. The zero-order valence-corrected chi connectivity index (χ0v) is 14.5. The maximum atomic E-state index is 4.71. The molecular formula is C17H29N3S. The number of aromatic nitrogens is 1. The number of aryl methyl sites for hydroxylation is 1. The highest BCUT2D eigenvalue weighted by Crippen LogP contribution is 2.38. The molecule has 3 rings (SSSR count). The zero-order valence-electron chi connectivity index (χ0n) is 13.7. The van der Waals surface area contributed by atoms with E-state index >= 15 is 0 Å². The molecule has 0 amide bonds. The Morgan fingerprint density at radius 3 is 2.86 bits per heavy atom. The largest absolute Gasteiger partial charge is 0.311 e. The average molecular weight is 308 g/mol.